The largest absolute Gasteiger partial charge is 0.486 e. The molecule has 0 saturated carbocycles. The van der Waals surface area contributed by atoms with Crippen molar-refractivity contribution in [3.8, 4) is 17.2 Å². The molecule has 0 saturated heterocycles. The Morgan fingerprint density at radius 1 is 1.16 bits per heavy atom. The number of hydrogen-bond donors (Lipinski definition) is 0. The topological polar surface area (TPSA) is 40.5 Å². The molecule has 2 aromatic rings. The summed E-state index contributed by atoms with van der Waals surface area (Å²) in [7, 11) is 0. The average Bonchev–Trinajstić information content (AvgIpc) is 2.47. The van der Waals surface area contributed by atoms with Gasteiger partial charge in [-0.25, -0.2) is 0 Å². The van der Waals surface area contributed by atoms with E-state index in [1.807, 2.05) is 37.3 Å². The summed E-state index contributed by atoms with van der Waals surface area (Å²) in [5, 5.41) is 0. The zero-order chi connectivity index (χ0) is 13.2. The molecule has 0 atom stereocenters. The van der Waals surface area contributed by atoms with Crippen LogP contribution in [0.5, 0.6) is 11.5 Å². The third-order valence-electron chi connectivity index (χ3n) is 3.21. The predicted molar refractivity (Wildman–Crippen MR) is 72.4 cm³/mol. The molecule has 19 heavy (non-hydrogen) atoms. The van der Waals surface area contributed by atoms with Crippen LogP contribution in [0, 0.1) is 0 Å². The van der Waals surface area contributed by atoms with E-state index in [9.17, 15) is 4.79 Å². The van der Waals surface area contributed by atoms with Gasteiger partial charge in [0, 0.05) is 17.8 Å². The monoisotopic (exact) mass is 257 g/mol. The van der Waals surface area contributed by atoms with Crippen LogP contribution in [0.15, 0.2) is 41.3 Å². The van der Waals surface area contributed by atoms with E-state index >= 15 is 0 Å². The molecule has 0 aliphatic carbocycles. The van der Waals surface area contributed by atoms with E-state index in [0.29, 0.717) is 19.0 Å². The van der Waals surface area contributed by atoms with E-state index in [2.05, 4.69) is 0 Å². The molecule has 0 bridgehead atoms. The fourth-order valence-electron chi connectivity index (χ4n) is 2.19. The van der Waals surface area contributed by atoms with Crippen LogP contribution in [0.3, 0.4) is 0 Å². The van der Waals surface area contributed by atoms with Crippen molar-refractivity contribution in [2.45, 2.75) is 13.3 Å². The normalized spacial score (nSPS) is 13.3. The molecule has 4 heteroatoms. The Labute approximate surface area is 111 Å². The SMILES string of the molecule is CCc1cccn(-c2ccc3c(c2)OCCO3)c1=O. The van der Waals surface area contributed by atoms with Crippen molar-refractivity contribution < 1.29 is 9.47 Å². The minimum Gasteiger partial charge on any atom is -0.486 e. The van der Waals surface area contributed by atoms with Crippen LogP contribution in [-0.4, -0.2) is 17.8 Å². The van der Waals surface area contributed by atoms with E-state index in [4.69, 9.17) is 9.47 Å². The molecule has 0 unspecified atom stereocenters. The quantitative estimate of drug-likeness (QED) is 0.828. The zero-order valence-electron chi connectivity index (χ0n) is 10.8. The van der Waals surface area contributed by atoms with E-state index < -0.39 is 0 Å². The van der Waals surface area contributed by atoms with E-state index in [1.165, 1.54) is 0 Å². The first-order valence-corrected chi connectivity index (χ1v) is 6.40. The summed E-state index contributed by atoms with van der Waals surface area (Å²) in [5.41, 5.74) is 1.61. The van der Waals surface area contributed by atoms with Crippen LogP contribution in [0.1, 0.15) is 12.5 Å². The Hall–Kier alpha value is -2.23. The molecule has 0 radical (unpaired) electrons. The number of rotatable bonds is 2. The minimum atomic E-state index is 0.0154. The molecular weight excluding hydrogens is 242 g/mol. The van der Waals surface area contributed by atoms with Crippen LogP contribution >= 0.6 is 0 Å². The fraction of sp³-hybridized carbons (Fsp3) is 0.267. The zero-order valence-corrected chi connectivity index (χ0v) is 10.8. The highest BCUT2D eigenvalue weighted by Gasteiger charge is 2.13. The maximum absolute atomic E-state index is 12.3. The lowest BCUT2D eigenvalue weighted by Crippen LogP contribution is -2.21. The van der Waals surface area contributed by atoms with Gasteiger partial charge in [0.15, 0.2) is 11.5 Å². The predicted octanol–water partition coefficient (Wildman–Crippen LogP) is 2.17. The molecule has 98 valence electrons. The maximum Gasteiger partial charge on any atom is 0.258 e. The molecule has 0 spiro atoms. The van der Waals surface area contributed by atoms with Gasteiger partial charge in [-0.15, -0.1) is 0 Å². The number of pyridine rings is 1. The van der Waals surface area contributed by atoms with Gasteiger partial charge in [0.1, 0.15) is 13.2 Å². The van der Waals surface area contributed by atoms with Gasteiger partial charge in [0.05, 0.1) is 5.69 Å². The molecular formula is C15H15NO3. The molecule has 1 aromatic heterocycles. The van der Waals surface area contributed by atoms with Crippen LogP contribution in [0.25, 0.3) is 5.69 Å². The first-order chi connectivity index (χ1) is 9.29. The number of benzene rings is 1. The number of nitrogens with zero attached hydrogens (tertiary/aromatic N) is 1. The van der Waals surface area contributed by atoms with Crippen LogP contribution in [0.4, 0.5) is 0 Å². The number of fused-ring (bicyclic) bond motifs is 1. The van der Waals surface area contributed by atoms with E-state index in [0.717, 1.165) is 23.4 Å². The Morgan fingerprint density at radius 2 is 1.95 bits per heavy atom. The van der Waals surface area contributed by atoms with Gasteiger partial charge in [-0.3, -0.25) is 9.36 Å². The number of aryl methyl sites for hydroxylation is 1. The van der Waals surface area contributed by atoms with E-state index in [-0.39, 0.29) is 5.56 Å². The standard InChI is InChI=1S/C15H15NO3/c1-2-11-4-3-7-16(15(11)17)12-5-6-13-14(10-12)19-9-8-18-13/h3-7,10H,2,8-9H2,1H3. The molecule has 1 aromatic carbocycles. The summed E-state index contributed by atoms with van der Waals surface area (Å²) in [6, 6.07) is 9.30. The highest BCUT2D eigenvalue weighted by Crippen LogP contribution is 2.31. The van der Waals surface area contributed by atoms with Gasteiger partial charge in [0.25, 0.3) is 5.56 Å². The van der Waals surface area contributed by atoms with Gasteiger partial charge in [-0.1, -0.05) is 13.0 Å². The van der Waals surface area contributed by atoms with Gasteiger partial charge in [-0.05, 0) is 24.6 Å². The Balaban J connectivity index is 2.10. The van der Waals surface area contributed by atoms with Crippen molar-refractivity contribution in [3.63, 3.8) is 0 Å². The molecule has 0 N–H and O–H groups in total. The summed E-state index contributed by atoms with van der Waals surface area (Å²) >= 11 is 0. The van der Waals surface area contributed by atoms with Crippen molar-refractivity contribution >= 4 is 0 Å². The van der Waals surface area contributed by atoms with Crippen molar-refractivity contribution in [3.05, 3.63) is 52.4 Å². The second-order valence-electron chi connectivity index (χ2n) is 4.39. The van der Waals surface area contributed by atoms with Crippen LogP contribution in [-0.2, 0) is 6.42 Å². The average molecular weight is 257 g/mol. The molecule has 1 aliphatic heterocycles. The molecule has 2 heterocycles. The lowest BCUT2D eigenvalue weighted by molar-refractivity contribution is 0.171. The van der Waals surface area contributed by atoms with Crippen LogP contribution in [0.2, 0.25) is 0 Å². The Morgan fingerprint density at radius 3 is 2.74 bits per heavy atom. The minimum absolute atomic E-state index is 0.0154. The third-order valence-corrected chi connectivity index (χ3v) is 3.21. The highest BCUT2D eigenvalue weighted by atomic mass is 16.6. The summed E-state index contributed by atoms with van der Waals surface area (Å²) in [6.45, 7) is 3.09. The molecule has 4 nitrogen and oxygen atoms in total. The molecule has 1 aliphatic rings. The molecule has 3 rings (SSSR count). The highest BCUT2D eigenvalue weighted by molar-refractivity contribution is 5.49. The summed E-state index contributed by atoms with van der Waals surface area (Å²) < 4.78 is 12.7. The summed E-state index contributed by atoms with van der Waals surface area (Å²) in [6.07, 6.45) is 2.50. The number of ether oxygens (including phenoxy) is 2. The van der Waals surface area contributed by atoms with Crippen molar-refractivity contribution in [1.82, 2.24) is 4.57 Å². The maximum atomic E-state index is 12.3. The molecule has 0 fully saturated rings. The number of hydrogen-bond acceptors (Lipinski definition) is 3. The van der Waals surface area contributed by atoms with Gasteiger partial charge in [0.2, 0.25) is 0 Å². The van der Waals surface area contributed by atoms with Crippen molar-refractivity contribution in [1.29, 1.82) is 0 Å². The van der Waals surface area contributed by atoms with Crippen LogP contribution < -0.4 is 15.0 Å². The van der Waals surface area contributed by atoms with E-state index in [1.54, 1.807) is 10.8 Å². The first-order valence-electron chi connectivity index (χ1n) is 6.40. The fourth-order valence-corrected chi connectivity index (χ4v) is 2.19. The lowest BCUT2D eigenvalue weighted by Gasteiger charge is -2.19. The second kappa shape index (κ2) is 4.80. The van der Waals surface area contributed by atoms with Crippen molar-refractivity contribution in [2.75, 3.05) is 13.2 Å². The molecule has 0 amide bonds. The van der Waals surface area contributed by atoms with Crippen molar-refractivity contribution in [2.24, 2.45) is 0 Å². The third kappa shape index (κ3) is 2.10. The number of aromatic nitrogens is 1. The van der Waals surface area contributed by atoms with Gasteiger partial charge < -0.3 is 9.47 Å². The second-order valence-corrected chi connectivity index (χ2v) is 4.39. The Kier molecular flexibility index (Phi) is 2.99. The first kappa shape index (κ1) is 11.8. The van der Waals surface area contributed by atoms with Gasteiger partial charge >= 0.3 is 0 Å². The van der Waals surface area contributed by atoms with Gasteiger partial charge in [-0.2, -0.15) is 0 Å². The Bertz CT molecular complexity index is 661. The lowest BCUT2D eigenvalue weighted by atomic mass is 10.2. The summed E-state index contributed by atoms with van der Waals surface area (Å²) in [5.74, 6) is 1.42. The smallest absolute Gasteiger partial charge is 0.258 e. The summed E-state index contributed by atoms with van der Waals surface area (Å²) in [4.78, 5) is 12.3.